The van der Waals surface area contributed by atoms with Gasteiger partial charge in [-0.15, -0.1) is 11.3 Å². The van der Waals surface area contributed by atoms with Crippen LogP contribution >= 0.6 is 11.3 Å². The predicted octanol–water partition coefficient (Wildman–Crippen LogP) is 1.59. The van der Waals surface area contributed by atoms with Crippen molar-refractivity contribution in [1.29, 1.82) is 0 Å². The van der Waals surface area contributed by atoms with E-state index in [1.165, 1.54) is 0 Å². The molecule has 0 bridgehead atoms. The second-order valence-corrected chi connectivity index (χ2v) is 5.63. The number of carbonyl (C=O) groups is 1. The van der Waals surface area contributed by atoms with Crippen molar-refractivity contribution in [3.8, 4) is 0 Å². The molecule has 5 heteroatoms. The Labute approximate surface area is 106 Å². The summed E-state index contributed by atoms with van der Waals surface area (Å²) < 4.78 is 0. The molecule has 1 aliphatic carbocycles. The van der Waals surface area contributed by atoms with Crippen LogP contribution in [0.4, 0.5) is 0 Å². The van der Waals surface area contributed by atoms with Gasteiger partial charge in [0.2, 0.25) is 5.91 Å². The summed E-state index contributed by atoms with van der Waals surface area (Å²) in [5, 5.41) is 3.00. The molecule has 1 aliphatic rings. The number of thiazole rings is 1. The van der Waals surface area contributed by atoms with Crippen molar-refractivity contribution in [3.05, 3.63) is 16.1 Å². The zero-order valence-corrected chi connectivity index (χ0v) is 10.9. The molecule has 3 N–H and O–H groups in total. The summed E-state index contributed by atoms with van der Waals surface area (Å²) in [6.07, 6.45) is 3.79. The van der Waals surface area contributed by atoms with E-state index in [2.05, 4.69) is 10.3 Å². The zero-order valence-electron chi connectivity index (χ0n) is 10.1. The lowest BCUT2D eigenvalue weighted by Gasteiger charge is -2.25. The Morgan fingerprint density at radius 3 is 2.82 bits per heavy atom. The van der Waals surface area contributed by atoms with E-state index in [9.17, 15) is 4.79 Å². The normalized spacial score (nSPS) is 24.6. The topological polar surface area (TPSA) is 68.0 Å². The van der Waals surface area contributed by atoms with Gasteiger partial charge in [0.25, 0.3) is 0 Å². The van der Waals surface area contributed by atoms with Crippen molar-refractivity contribution in [1.82, 2.24) is 10.3 Å². The van der Waals surface area contributed by atoms with Gasteiger partial charge in [-0.05, 0) is 32.6 Å². The fourth-order valence-corrected chi connectivity index (χ4v) is 2.91. The highest BCUT2D eigenvalue weighted by Crippen LogP contribution is 2.23. The van der Waals surface area contributed by atoms with Gasteiger partial charge in [0, 0.05) is 16.8 Å². The molecule has 1 saturated carbocycles. The van der Waals surface area contributed by atoms with Crippen molar-refractivity contribution < 1.29 is 4.79 Å². The molecule has 94 valence electrons. The van der Waals surface area contributed by atoms with Crippen LogP contribution in [0.1, 0.15) is 36.3 Å². The molecule has 1 heterocycles. The van der Waals surface area contributed by atoms with E-state index in [1.54, 1.807) is 11.3 Å². The van der Waals surface area contributed by atoms with E-state index in [4.69, 9.17) is 5.73 Å². The number of nitrogens with one attached hydrogen (secondary N) is 1. The smallest absolute Gasteiger partial charge is 0.223 e. The largest absolute Gasteiger partial charge is 0.351 e. The molecule has 0 aliphatic heterocycles. The third kappa shape index (κ3) is 3.26. The minimum atomic E-state index is 0.156. The lowest BCUT2D eigenvalue weighted by atomic mass is 9.86. The minimum absolute atomic E-state index is 0.156. The molecule has 2 rings (SSSR count). The molecule has 0 atom stereocenters. The van der Waals surface area contributed by atoms with Gasteiger partial charge in [0.1, 0.15) is 0 Å². The SMILES string of the molecule is Cc1ncsc1CNC(=O)C1CCC(N)CC1. The number of rotatable bonds is 3. The lowest BCUT2D eigenvalue weighted by molar-refractivity contribution is -0.126. The van der Waals surface area contributed by atoms with Gasteiger partial charge >= 0.3 is 0 Å². The Morgan fingerprint density at radius 1 is 1.53 bits per heavy atom. The lowest BCUT2D eigenvalue weighted by Crippen LogP contribution is -2.35. The molecule has 1 aromatic heterocycles. The van der Waals surface area contributed by atoms with E-state index in [0.29, 0.717) is 12.6 Å². The van der Waals surface area contributed by atoms with Crippen LogP contribution in [-0.2, 0) is 11.3 Å². The monoisotopic (exact) mass is 253 g/mol. The van der Waals surface area contributed by atoms with Gasteiger partial charge in [0.05, 0.1) is 17.7 Å². The Kier molecular flexibility index (Phi) is 4.12. The van der Waals surface area contributed by atoms with Crippen molar-refractivity contribution >= 4 is 17.2 Å². The number of nitrogens with zero attached hydrogens (tertiary/aromatic N) is 1. The summed E-state index contributed by atoms with van der Waals surface area (Å²) in [4.78, 5) is 17.3. The molecule has 0 spiro atoms. The molecular formula is C12H19N3OS. The Balaban J connectivity index is 1.80. The summed E-state index contributed by atoms with van der Waals surface area (Å²) in [6, 6.07) is 0.294. The van der Waals surface area contributed by atoms with Crippen LogP contribution < -0.4 is 11.1 Å². The Hall–Kier alpha value is -0.940. The average Bonchev–Trinajstić information content (AvgIpc) is 2.73. The first-order valence-electron chi connectivity index (χ1n) is 6.09. The van der Waals surface area contributed by atoms with Crippen molar-refractivity contribution in [2.24, 2.45) is 11.7 Å². The summed E-state index contributed by atoms with van der Waals surface area (Å²) in [5.41, 5.74) is 8.66. The maximum atomic E-state index is 11.9. The maximum Gasteiger partial charge on any atom is 0.223 e. The molecule has 0 radical (unpaired) electrons. The first-order valence-corrected chi connectivity index (χ1v) is 6.97. The molecule has 0 saturated heterocycles. The van der Waals surface area contributed by atoms with Crippen LogP contribution in [0.5, 0.6) is 0 Å². The molecule has 4 nitrogen and oxygen atoms in total. The van der Waals surface area contributed by atoms with Crippen molar-refractivity contribution in [2.45, 2.75) is 45.2 Å². The fourth-order valence-electron chi connectivity index (χ4n) is 2.19. The average molecular weight is 253 g/mol. The van der Waals surface area contributed by atoms with Gasteiger partial charge < -0.3 is 11.1 Å². The Bertz CT molecular complexity index is 383. The summed E-state index contributed by atoms with van der Waals surface area (Å²) in [5.74, 6) is 0.327. The van der Waals surface area contributed by atoms with E-state index < -0.39 is 0 Å². The van der Waals surface area contributed by atoms with Gasteiger partial charge in [-0.3, -0.25) is 4.79 Å². The predicted molar refractivity (Wildman–Crippen MR) is 68.6 cm³/mol. The molecule has 1 aromatic rings. The molecule has 0 aromatic carbocycles. The van der Waals surface area contributed by atoms with Gasteiger partial charge in [0.15, 0.2) is 0 Å². The second-order valence-electron chi connectivity index (χ2n) is 4.69. The number of nitrogens with two attached hydrogens (primary N) is 1. The molecule has 0 unspecified atom stereocenters. The summed E-state index contributed by atoms with van der Waals surface area (Å²) >= 11 is 1.59. The third-order valence-corrected chi connectivity index (χ3v) is 4.35. The number of amides is 1. The van der Waals surface area contributed by atoms with Crippen LogP contribution in [-0.4, -0.2) is 16.9 Å². The quantitative estimate of drug-likeness (QED) is 0.859. The highest BCUT2D eigenvalue weighted by atomic mass is 32.1. The van der Waals surface area contributed by atoms with E-state index in [0.717, 1.165) is 36.3 Å². The van der Waals surface area contributed by atoms with Gasteiger partial charge in [-0.25, -0.2) is 4.98 Å². The first kappa shape index (κ1) is 12.5. The second kappa shape index (κ2) is 5.60. The minimum Gasteiger partial charge on any atom is -0.351 e. The van der Waals surface area contributed by atoms with Crippen molar-refractivity contribution in [2.75, 3.05) is 0 Å². The molecular weight excluding hydrogens is 234 g/mol. The van der Waals surface area contributed by atoms with Crippen molar-refractivity contribution in [3.63, 3.8) is 0 Å². The number of hydrogen-bond acceptors (Lipinski definition) is 4. The van der Waals surface area contributed by atoms with E-state index in [1.807, 2.05) is 12.4 Å². The van der Waals surface area contributed by atoms with Crippen LogP contribution in [0.25, 0.3) is 0 Å². The van der Waals surface area contributed by atoms with Crippen LogP contribution in [0.15, 0.2) is 5.51 Å². The summed E-state index contributed by atoms with van der Waals surface area (Å²) in [7, 11) is 0. The first-order chi connectivity index (χ1) is 8.16. The number of aryl methyl sites for hydroxylation is 1. The van der Waals surface area contributed by atoms with Crippen LogP contribution in [0.2, 0.25) is 0 Å². The zero-order chi connectivity index (χ0) is 12.3. The molecule has 17 heavy (non-hydrogen) atoms. The number of carbonyl (C=O) groups excluding carboxylic acids is 1. The molecule has 1 fully saturated rings. The van der Waals surface area contributed by atoms with E-state index >= 15 is 0 Å². The van der Waals surface area contributed by atoms with Gasteiger partial charge in [-0.2, -0.15) is 0 Å². The standard InChI is InChI=1S/C12H19N3OS/c1-8-11(17-7-15-8)6-14-12(16)9-2-4-10(13)5-3-9/h7,9-10H,2-6,13H2,1H3,(H,14,16). The number of hydrogen-bond donors (Lipinski definition) is 2. The molecule has 1 amide bonds. The Morgan fingerprint density at radius 2 is 2.24 bits per heavy atom. The van der Waals surface area contributed by atoms with Crippen LogP contribution in [0.3, 0.4) is 0 Å². The third-order valence-electron chi connectivity index (χ3n) is 3.41. The highest BCUT2D eigenvalue weighted by molar-refractivity contribution is 7.09. The highest BCUT2D eigenvalue weighted by Gasteiger charge is 2.24. The fraction of sp³-hybridized carbons (Fsp3) is 0.667. The number of aromatic nitrogens is 1. The maximum absolute atomic E-state index is 11.9. The summed E-state index contributed by atoms with van der Waals surface area (Å²) in [6.45, 7) is 2.58. The van der Waals surface area contributed by atoms with E-state index in [-0.39, 0.29) is 11.8 Å². The van der Waals surface area contributed by atoms with Gasteiger partial charge in [-0.1, -0.05) is 0 Å². The van der Waals surface area contributed by atoms with Crippen LogP contribution in [0, 0.1) is 12.8 Å².